The van der Waals surface area contributed by atoms with Gasteiger partial charge in [-0.3, -0.25) is 14.9 Å². The van der Waals surface area contributed by atoms with Crippen molar-refractivity contribution in [2.45, 2.75) is 32.7 Å². The minimum Gasteiger partial charge on any atom is -0.440 e. The maximum absolute atomic E-state index is 12.4. The van der Waals surface area contributed by atoms with E-state index in [1.807, 2.05) is 19.9 Å². The molecule has 2 aromatic carbocycles. The van der Waals surface area contributed by atoms with E-state index in [1.54, 1.807) is 19.1 Å². The predicted octanol–water partition coefficient (Wildman–Crippen LogP) is 4.95. The van der Waals surface area contributed by atoms with Crippen molar-refractivity contribution in [1.29, 1.82) is 0 Å². The van der Waals surface area contributed by atoms with Gasteiger partial charge in [0.05, 0.1) is 15.6 Å². The lowest BCUT2D eigenvalue weighted by molar-refractivity contribution is -0.384. The van der Waals surface area contributed by atoms with E-state index in [1.165, 1.54) is 18.2 Å². The average molecular weight is 403 g/mol. The molecule has 0 fully saturated rings. The Morgan fingerprint density at radius 1 is 1.21 bits per heavy atom. The number of nitrogens with one attached hydrogen (secondary N) is 2. The van der Waals surface area contributed by atoms with Crippen LogP contribution < -0.4 is 10.6 Å². The second-order valence-corrected chi connectivity index (χ2v) is 7.07. The molecule has 146 valence electrons. The minimum absolute atomic E-state index is 0.0972. The van der Waals surface area contributed by atoms with Gasteiger partial charge in [0.1, 0.15) is 11.6 Å². The Labute approximate surface area is 166 Å². The summed E-state index contributed by atoms with van der Waals surface area (Å²) >= 11 is 6.02. The van der Waals surface area contributed by atoms with Crippen LogP contribution in [0.25, 0.3) is 11.1 Å². The number of hydrogen-bond donors (Lipinski definition) is 2. The third-order valence-electron chi connectivity index (χ3n) is 4.10. The number of anilines is 2. The summed E-state index contributed by atoms with van der Waals surface area (Å²) in [5.41, 5.74) is 2.27. The molecule has 3 aromatic rings. The Kier molecular flexibility index (Phi) is 5.51. The van der Waals surface area contributed by atoms with Crippen LogP contribution in [0, 0.1) is 10.1 Å². The number of oxazole rings is 1. The molecule has 28 heavy (non-hydrogen) atoms. The molecule has 1 amide bonds. The largest absolute Gasteiger partial charge is 0.440 e. The Balaban J connectivity index is 1.70. The summed E-state index contributed by atoms with van der Waals surface area (Å²) in [4.78, 5) is 27.1. The van der Waals surface area contributed by atoms with Crippen LogP contribution in [-0.4, -0.2) is 21.9 Å². The number of non-ortho nitro benzene ring substituents is 1. The fourth-order valence-electron chi connectivity index (χ4n) is 2.56. The van der Waals surface area contributed by atoms with Crippen molar-refractivity contribution in [2.24, 2.45) is 0 Å². The molecule has 0 aliphatic rings. The summed E-state index contributed by atoms with van der Waals surface area (Å²) in [6, 6.07) is 8.71. The SMILES string of the molecule is CC(Nc1ccc2oc(C(C)C)nc2c1)C(=O)Nc1ccc([N+](=O)[O-])cc1Cl. The lowest BCUT2D eigenvalue weighted by Crippen LogP contribution is -2.31. The van der Waals surface area contributed by atoms with Crippen LogP contribution in [0.4, 0.5) is 17.1 Å². The lowest BCUT2D eigenvalue weighted by Gasteiger charge is -2.15. The van der Waals surface area contributed by atoms with E-state index in [2.05, 4.69) is 15.6 Å². The van der Waals surface area contributed by atoms with Crippen molar-refractivity contribution in [3.8, 4) is 0 Å². The highest BCUT2D eigenvalue weighted by Gasteiger charge is 2.17. The number of fused-ring (bicyclic) bond motifs is 1. The maximum Gasteiger partial charge on any atom is 0.271 e. The van der Waals surface area contributed by atoms with Crippen LogP contribution in [0.2, 0.25) is 5.02 Å². The molecule has 0 bridgehead atoms. The third kappa shape index (κ3) is 4.23. The number of hydrogen-bond acceptors (Lipinski definition) is 6. The monoisotopic (exact) mass is 402 g/mol. The van der Waals surface area contributed by atoms with Gasteiger partial charge in [0.2, 0.25) is 5.91 Å². The molecule has 0 saturated heterocycles. The van der Waals surface area contributed by atoms with Gasteiger partial charge in [-0.05, 0) is 31.2 Å². The highest BCUT2D eigenvalue weighted by Crippen LogP contribution is 2.27. The van der Waals surface area contributed by atoms with Gasteiger partial charge >= 0.3 is 0 Å². The molecule has 1 heterocycles. The fraction of sp³-hybridized carbons (Fsp3) is 0.263. The van der Waals surface area contributed by atoms with Crippen molar-refractivity contribution in [1.82, 2.24) is 4.98 Å². The molecule has 3 rings (SSSR count). The van der Waals surface area contributed by atoms with Crippen LogP contribution >= 0.6 is 11.6 Å². The molecule has 0 saturated carbocycles. The first kappa shape index (κ1) is 19.6. The topological polar surface area (TPSA) is 110 Å². The van der Waals surface area contributed by atoms with Crippen LogP contribution in [0.1, 0.15) is 32.6 Å². The molecule has 8 nitrogen and oxygen atoms in total. The van der Waals surface area contributed by atoms with Gasteiger partial charge < -0.3 is 15.1 Å². The first-order chi connectivity index (χ1) is 13.2. The van der Waals surface area contributed by atoms with Gasteiger partial charge in [0, 0.05) is 23.7 Å². The molecule has 0 radical (unpaired) electrons. The van der Waals surface area contributed by atoms with Crippen molar-refractivity contribution in [3.05, 3.63) is 57.4 Å². The molecule has 9 heteroatoms. The molecule has 1 unspecified atom stereocenters. The number of nitro benzene ring substituents is 1. The number of aromatic nitrogens is 1. The van der Waals surface area contributed by atoms with E-state index < -0.39 is 11.0 Å². The number of carbonyl (C=O) groups is 1. The van der Waals surface area contributed by atoms with Crippen LogP contribution in [0.3, 0.4) is 0 Å². The van der Waals surface area contributed by atoms with Gasteiger partial charge in [0.15, 0.2) is 11.5 Å². The minimum atomic E-state index is -0.583. The highest BCUT2D eigenvalue weighted by molar-refractivity contribution is 6.34. The van der Waals surface area contributed by atoms with Crippen molar-refractivity contribution in [2.75, 3.05) is 10.6 Å². The fourth-order valence-corrected chi connectivity index (χ4v) is 2.78. The standard InChI is InChI=1S/C19H19ClN4O4/c1-10(2)19-23-16-8-12(4-7-17(16)28-19)21-11(3)18(25)22-15-6-5-13(24(26)27)9-14(15)20/h4-11,21H,1-3H3,(H,22,25). The number of nitrogens with zero attached hydrogens (tertiary/aromatic N) is 2. The van der Waals surface area contributed by atoms with E-state index >= 15 is 0 Å². The first-order valence-electron chi connectivity index (χ1n) is 8.66. The van der Waals surface area contributed by atoms with Gasteiger partial charge in [-0.25, -0.2) is 4.98 Å². The summed E-state index contributed by atoms with van der Waals surface area (Å²) in [6.07, 6.45) is 0. The van der Waals surface area contributed by atoms with E-state index in [0.717, 1.165) is 0 Å². The molecular formula is C19H19ClN4O4. The number of halogens is 1. The number of amides is 1. The second kappa shape index (κ2) is 7.85. The zero-order chi connectivity index (χ0) is 20.4. The van der Waals surface area contributed by atoms with Crippen molar-refractivity contribution < 1.29 is 14.1 Å². The smallest absolute Gasteiger partial charge is 0.271 e. The molecule has 1 aromatic heterocycles. The van der Waals surface area contributed by atoms with E-state index in [9.17, 15) is 14.9 Å². The van der Waals surface area contributed by atoms with Crippen molar-refractivity contribution >= 4 is 45.7 Å². The number of benzene rings is 2. The molecule has 1 atom stereocenters. The van der Waals surface area contributed by atoms with E-state index in [-0.39, 0.29) is 22.5 Å². The maximum atomic E-state index is 12.4. The van der Waals surface area contributed by atoms with Gasteiger partial charge in [-0.2, -0.15) is 0 Å². The van der Waals surface area contributed by atoms with E-state index in [4.69, 9.17) is 16.0 Å². The molecule has 2 N–H and O–H groups in total. The molecule has 0 spiro atoms. The average Bonchev–Trinajstić information content (AvgIpc) is 3.06. The Bertz CT molecular complexity index is 1050. The van der Waals surface area contributed by atoms with Crippen LogP contribution in [0.5, 0.6) is 0 Å². The summed E-state index contributed by atoms with van der Waals surface area (Å²) < 4.78 is 5.67. The number of nitro groups is 1. The van der Waals surface area contributed by atoms with Gasteiger partial charge in [-0.15, -0.1) is 0 Å². The molecule has 0 aliphatic carbocycles. The quantitative estimate of drug-likeness (QED) is 0.445. The Morgan fingerprint density at radius 2 is 1.96 bits per heavy atom. The predicted molar refractivity (Wildman–Crippen MR) is 108 cm³/mol. The first-order valence-corrected chi connectivity index (χ1v) is 9.04. The van der Waals surface area contributed by atoms with Crippen molar-refractivity contribution in [3.63, 3.8) is 0 Å². The molecule has 0 aliphatic heterocycles. The van der Waals surface area contributed by atoms with E-state index in [0.29, 0.717) is 28.4 Å². The summed E-state index contributed by atoms with van der Waals surface area (Å²) in [6.45, 7) is 5.69. The van der Waals surface area contributed by atoms with Gasteiger partial charge in [0.25, 0.3) is 5.69 Å². The number of rotatable bonds is 6. The summed E-state index contributed by atoms with van der Waals surface area (Å²) in [7, 11) is 0. The summed E-state index contributed by atoms with van der Waals surface area (Å²) in [5.74, 6) is 0.504. The lowest BCUT2D eigenvalue weighted by atomic mass is 10.2. The Morgan fingerprint density at radius 3 is 2.61 bits per heavy atom. The van der Waals surface area contributed by atoms with Crippen LogP contribution in [0.15, 0.2) is 40.8 Å². The zero-order valence-corrected chi connectivity index (χ0v) is 16.3. The molecular weight excluding hydrogens is 384 g/mol. The van der Waals surface area contributed by atoms with Crippen LogP contribution in [-0.2, 0) is 4.79 Å². The third-order valence-corrected chi connectivity index (χ3v) is 4.41. The highest BCUT2D eigenvalue weighted by atomic mass is 35.5. The summed E-state index contributed by atoms with van der Waals surface area (Å²) in [5, 5.41) is 16.6. The Hall–Kier alpha value is -3.13. The number of carbonyl (C=O) groups excluding carboxylic acids is 1. The van der Waals surface area contributed by atoms with Gasteiger partial charge in [-0.1, -0.05) is 25.4 Å². The zero-order valence-electron chi connectivity index (χ0n) is 15.5. The normalized spacial score (nSPS) is 12.2. The second-order valence-electron chi connectivity index (χ2n) is 6.67.